The van der Waals surface area contributed by atoms with Gasteiger partial charge in [-0.25, -0.2) is 12.8 Å². The Balaban J connectivity index is 1.21. The number of benzene rings is 2. The molecule has 2 saturated carbocycles. The van der Waals surface area contributed by atoms with Crippen molar-refractivity contribution in [2.45, 2.75) is 41.6 Å². The van der Waals surface area contributed by atoms with Crippen LogP contribution < -0.4 is 10.0 Å². The summed E-state index contributed by atoms with van der Waals surface area (Å²) in [5.41, 5.74) is 0.740. The second-order valence-corrected chi connectivity index (χ2v) is 14.6. The van der Waals surface area contributed by atoms with Crippen molar-refractivity contribution in [1.29, 1.82) is 0 Å². The van der Waals surface area contributed by atoms with Gasteiger partial charge in [-0.2, -0.15) is 8.42 Å². The van der Waals surface area contributed by atoms with Gasteiger partial charge in [-0.3, -0.25) is 19.3 Å². The normalized spacial score (nSPS) is 27.2. The van der Waals surface area contributed by atoms with Crippen molar-refractivity contribution in [3.63, 3.8) is 0 Å². The molecule has 4 aliphatic rings. The molecule has 1 amide bonds. The van der Waals surface area contributed by atoms with E-state index in [1.165, 1.54) is 42.6 Å². The van der Waals surface area contributed by atoms with Crippen LogP contribution in [0.5, 0.6) is 0 Å². The van der Waals surface area contributed by atoms with Crippen molar-refractivity contribution in [3.8, 4) is 0 Å². The maximum absolute atomic E-state index is 14.0. The number of nitrogens with zero attached hydrogens (tertiary/aromatic N) is 3. The number of halogens is 1. The van der Waals surface area contributed by atoms with E-state index in [2.05, 4.69) is 19.4 Å². The first-order valence-corrected chi connectivity index (χ1v) is 16.7. The number of nitrogens with one attached hydrogen (secondary N) is 2. The maximum atomic E-state index is 14.0. The molecule has 2 aromatic carbocycles. The minimum Gasteiger partial charge on any atom is -0.341 e. The van der Waals surface area contributed by atoms with E-state index in [9.17, 15) is 30.8 Å². The fraction of sp³-hybridized carbons (Fsp3) is 0.310. The third kappa shape index (κ3) is 4.68. The van der Waals surface area contributed by atoms with Gasteiger partial charge in [0, 0.05) is 30.9 Å². The lowest BCUT2D eigenvalue weighted by atomic mass is 9.73. The summed E-state index contributed by atoms with van der Waals surface area (Å²) < 4.78 is 72.1. The lowest BCUT2D eigenvalue weighted by Crippen LogP contribution is -2.61. The van der Waals surface area contributed by atoms with E-state index in [0.717, 1.165) is 31.5 Å². The number of likely N-dealkylation sites (tertiary alicyclic amines) is 1. The molecule has 2 aliphatic heterocycles. The van der Waals surface area contributed by atoms with Gasteiger partial charge < -0.3 is 10.2 Å². The number of hydrogen-bond donors (Lipinski definition) is 2. The molecule has 43 heavy (non-hydrogen) atoms. The number of anilines is 2. The van der Waals surface area contributed by atoms with E-state index in [0.29, 0.717) is 5.56 Å². The van der Waals surface area contributed by atoms with Crippen molar-refractivity contribution in [1.82, 2.24) is 9.88 Å². The molecule has 3 unspecified atom stereocenters. The number of sulfonamides is 2. The minimum absolute atomic E-state index is 0.0215. The SMILES string of the molecule is O=C1C(C2=NS(=O)(=O)c3cc(NS(=O)(=O)c4cccnc4)ccc3N2)C(=O)N(Cc2ccc(F)cc2)C2C1[C@H]1CC[C@@H]2C1. The molecule has 11 nitrogen and oxygen atoms in total. The number of carbonyl (C=O) groups is 2. The summed E-state index contributed by atoms with van der Waals surface area (Å²) in [6.45, 7) is 0.157. The highest BCUT2D eigenvalue weighted by Crippen LogP contribution is 2.54. The van der Waals surface area contributed by atoms with Crippen LogP contribution in [0.25, 0.3) is 0 Å². The van der Waals surface area contributed by atoms with Crippen LogP contribution in [0.3, 0.4) is 0 Å². The second kappa shape index (κ2) is 9.95. The molecule has 222 valence electrons. The minimum atomic E-state index is -4.43. The van der Waals surface area contributed by atoms with Gasteiger partial charge in [0.2, 0.25) is 5.91 Å². The van der Waals surface area contributed by atoms with Gasteiger partial charge in [0.25, 0.3) is 20.0 Å². The highest BCUT2D eigenvalue weighted by atomic mass is 32.2. The quantitative estimate of drug-likeness (QED) is 0.397. The number of carbonyl (C=O) groups excluding carboxylic acids is 2. The Bertz CT molecular complexity index is 1900. The Morgan fingerprint density at radius 3 is 2.56 bits per heavy atom. The number of amides is 1. The second-order valence-electron chi connectivity index (χ2n) is 11.4. The van der Waals surface area contributed by atoms with Gasteiger partial charge in [0.05, 0.1) is 11.4 Å². The molecule has 1 aromatic heterocycles. The van der Waals surface area contributed by atoms with Gasteiger partial charge in [-0.15, -0.1) is 4.40 Å². The summed E-state index contributed by atoms with van der Waals surface area (Å²) in [4.78, 5) is 33.0. The van der Waals surface area contributed by atoms with Crippen LogP contribution in [0.4, 0.5) is 15.8 Å². The Labute approximate surface area is 247 Å². The molecule has 1 saturated heterocycles. The molecule has 3 fully saturated rings. The molecule has 0 radical (unpaired) electrons. The zero-order valence-electron chi connectivity index (χ0n) is 22.6. The van der Waals surface area contributed by atoms with Gasteiger partial charge in [-0.1, -0.05) is 12.1 Å². The van der Waals surface area contributed by atoms with Gasteiger partial charge >= 0.3 is 0 Å². The number of ketones is 1. The third-order valence-corrected chi connectivity index (χ3v) is 11.5. The molecule has 7 rings (SSSR count). The van der Waals surface area contributed by atoms with Crippen LogP contribution in [-0.2, 0) is 36.2 Å². The average Bonchev–Trinajstić information content (AvgIpc) is 3.60. The lowest BCUT2D eigenvalue weighted by Gasteiger charge is -2.45. The summed E-state index contributed by atoms with van der Waals surface area (Å²) in [6, 6.07) is 12.2. The molecule has 5 atom stereocenters. The number of rotatable bonds is 6. The van der Waals surface area contributed by atoms with Crippen molar-refractivity contribution in [3.05, 3.63) is 78.4 Å². The van der Waals surface area contributed by atoms with Crippen LogP contribution >= 0.6 is 0 Å². The van der Waals surface area contributed by atoms with Crippen LogP contribution in [0.2, 0.25) is 0 Å². The lowest BCUT2D eigenvalue weighted by molar-refractivity contribution is -0.153. The number of fused-ring (bicyclic) bond motifs is 6. The van der Waals surface area contributed by atoms with Gasteiger partial charge in [0.15, 0.2) is 11.7 Å². The summed E-state index contributed by atoms with van der Waals surface area (Å²) in [5, 5.41) is 2.89. The van der Waals surface area contributed by atoms with Crippen LogP contribution in [0.1, 0.15) is 24.8 Å². The van der Waals surface area contributed by atoms with E-state index in [1.54, 1.807) is 17.0 Å². The summed E-state index contributed by atoms with van der Waals surface area (Å²) in [5.74, 6) is -3.21. The largest absolute Gasteiger partial charge is 0.341 e. The number of Topliss-reactive ketones (excluding diaryl/α,β-unsaturated/α-hetero) is 1. The highest BCUT2D eigenvalue weighted by molar-refractivity contribution is 7.92. The molecule has 3 heterocycles. The highest BCUT2D eigenvalue weighted by Gasteiger charge is 2.60. The van der Waals surface area contributed by atoms with Gasteiger partial charge in [-0.05, 0) is 79.1 Å². The van der Waals surface area contributed by atoms with Crippen molar-refractivity contribution < 1.29 is 30.8 Å². The molecule has 2 aliphatic carbocycles. The summed E-state index contributed by atoms with van der Waals surface area (Å²) in [7, 11) is -8.48. The first-order chi connectivity index (χ1) is 20.5. The molecular weight excluding hydrogens is 597 g/mol. The maximum Gasteiger partial charge on any atom is 0.286 e. The average molecular weight is 624 g/mol. The standard InChI is InChI=1S/C29H26FN5O6S2/c30-19-7-3-16(4-8-19)15-35-26-18-6-5-17(12-18)24(26)27(36)25(29(35)37)28-32-22-10-9-20(13-23(22)43(40,41)34-28)33-42(38,39)21-2-1-11-31-14-21/h1-4,7-11,13-14,17-18,24-26,33H,5-6,12,15H2,(H,32,34)/t17-,18+,24?,25?,26?/m0/s1. The third-order valence-electron chi connectivity index (χ3n) is 8.85. The molecule has 2 bridgehead atoms. The Kier molecular flexibility index (Phi) is 6.40. The topological polar surface area (TPSA) is 155 Å². The first-order valence-electron chi connectivity index (χ1n) is 13.8. The van der Waals surface area contributed by atoms with Crippen molar-refractivity contribution >= 4 is 48.9 Å². The van der Waals surface area contributed by atoms with Gasteiger partial charge in [0.1, 0.15) is 21.4 Å². The summed E-state index contributed by atoms with van der Waals surface area (Å²) in [6.07, 6.45) is 5.17. The predicted molar refractivity (Wildman–Crippen MR) is 153 cm³/mol. The molecule has 14 heteroatoms. The van der Waals surface area contributed by atoms with Crippen LogP contribution in [0, 0.1) is 29.5 Å². The number of piperidine rings is 1. The zero-order valence-corrected chi connectivity index (χ0v) is 24.2. The first kappa shape index (κ1) is 27.7. The Hall–Kier alpha value is -4.17. The fourth-order valence-electron chi connectivity index (χ4n) is 7.05. The number of pyridine rings is 1. The van der Waals surface area contributed by atoms with E-state index in [1.807, 2.05) is 0 Å². The van der Waals surface area contributed by atoms with Crippen LogP contribution in [0.15, 0.2) is 81.2 Å². The smallest absolute Gasteiger partial charge is 0.286 e. The van der Waals surface area contributed by atoms with Crippen molar-refractivity contribution in [2.75, 3.05) is 10.0 Å². The molecule has 2 N–H and O–H groups in total. The summed E-state index contributed by atoms with van der Waals surface area (Å²) >= 11 is 0. The van der Waals surface area contributed by atoms with E-state index < -0.39 is 43.6 Å². The van der Waals surface area contributed by atoms with E-state index >= 15 is 0 Å². The zero-order chi connectivity index (χ0) is 30.1. The fourth-order valence-corrected chi connectivity index (χ4v) is 9.24. The number of hydrogen-bond acceptors (Lipinski definition) is 8. The van der Waals surface area contributed by atoms with E-state index in [-0.39, 0.29) is 57.2 Å². The monoisotopic (exact) mass is 623 g/mol. The molecular formula is C29H26FN5O6S2. The predicted octanol–water partition coefficient (Wildman–Crippen LogP) is 3.18. The number of aromatic nitrogens is 1. The van der Waals surface area contributed by atoms with E-state index in [4.69, 9.17) is 0 Å². The number of amidine groups is 1. The van der Waals surface area contributed by atoms with Crippen LogP contribution in [-0.4, -0.2) is 50.3 Å². The van der Waals surface area contributed by atoms with Crippen molar-refractivity contribution in [2.24, 2.45) is 28.1 Å². The Morgan fingerprint density at radius 1 is 1.05 bits per heavy atom. The Morgan fingerprint density at radius 2 is 1.81 bits per heavy atom. The molecule has 3 aromatic rings. The molecule has 0 spiro atoms.